The number of hydrogen-bond acceptors (Lipinski definition) is 2. The Labute approximate surface area is 84.9 Å². The summed E-state index contributed by atoms with van der Waals surface area (Å²) in [5, 5.41) is 8.33. The molecule has 3 heteroatoms. The van der Waals surface area contributed by atoms with E-state index in [2.05, 4.69) is 28.1 Å². The molecule has 0 N–H and O–H groups in total. The Morgan fingerprint density at radius 2 is 2.17 bits per heavy atom. The van der Waals surface area contributed by atoms with Crippen LogP contribution >= 0.6 is 27.7 Å². The third-order valence-electron chi connectivity index (χ3n) is 1.38. The number of nitrogens with zero attached hydrogens (tertiary/aromatic N) is 1. The lowest BCUT2D eigenvalue weighted by Crippen LogP contribution is -1.82. The van der Waals surface area contributed by atoms with Crippen molar-refractivity contribution in [2.24, 2.45) is 0 Å². The molecule has 62 valence electrons. The summed E-state index contributed by atoms with van der Waals surface area (Å²) >= 11 is 5.08. The second-order valence-corrected chi connectivity index (χ2v) is 4.08. The highest BCUT2D eigenvalue weighted by Gasteiger charge is 1.96. The lowest BCUT2D eigenvalue weighted by molar-refractivity contribution is 1.38. The van der Waals surface area contributed by atoms with Crippen molar-refractivity contribution in [3.63, 3.8) is 0 Å². The van der Waals surface area contributed by atoms with Crippen LogP contribution in [-0.4, -0.2) is 5.75 Å². The molecule has 1 aromatic carbocycles. The molecule has 0 unspecified atom stereocenters. The second kappa shape index (κ2) is 5.23. The SMILES string of the molecule is N#CCSCc1ccccc1Br. The maximum Gasteiger partial charge on any atom is 0.0811 e. The van der Waals surface area contributed by atoms with Crippen LogP contribution in [0.1, 0.15) is 5.56 Å². The monoisotopic (exact) mass is 241 g/mol. The molecule has 0 heterocycles. The van der Waals surface area contributed by atoms with Gasteiger partial charge in [0.15, 0.2) is 0 Å². The fourth-order valence-corrected chi connectivity index (χ4v) is 2.10. The van der Waals surface area contributed by atoms with Crippen LogP contribution in [0.5, 0.6) is 0 Å². The van der Waals surface area contributed by atoms with Gasteiger partial charge in [-0.2, -0.15) is 5.26 Å². The van der Waals surface area contributed by atoms with Crippen LogP contribution in [0.4, 0.5) is 0 Å². The average Bonchev–Trinajstić information content (AvgIpc) is 2.09. The minimum atomic E-state index is 0.557. The molecule has 0 aromatic heterocycles. The largest absolute Gasteiger partial charge is 0.197 e. The molecule has 1 aromatic rings. The molecule has 0 spiro atoms. The van der Waals surface area contributed by atoms with Crippen LogP contribution in [0.3, 0.4) is 0 Å². The van der Waals surface area contributed by atoms with E-state index in [1.807, 2.05) is 18.2 Å². The van der Waals surface area contributed by atoms with E-state index in [9.17, 15) is 0 Å². The Morgan fingerprint density at radius 1 is 1.42 bits per heavy atom. The predicted molar refractivity (Wildman–Crippen MR) is 55.9 cm³/mol. The Balaban J connectivity index is 2.53. The summed E-state index contributed by atoms with van der Waals surface area (Å²) in [4.78, 5) is 0. The first-order valence-corrected chi connectivity index (χ1v) is 5.47. The third-order valence-corrected chi connectivity index (χ3v) is 3.00. The standard InChI is InChI=1S/C9H8BrNS/c10-9-4-2-1-3-8(9)7-12-6-5-11/h1-4H,6-7H2. The molecule has 0 aliphatic carbocycles. The van der Waals surface area contributed by atoms with E-state index >= 15 is 0 Å². The van der Waals surface area contributed by atoms with Gasteiger partial charge >= 0.3 is 0 Å². The zero-order valence-electron chi connectivity index (χ0n) is 6.46. The Kier molecular flexibility index (Phi) is 4.20. The van der Waals surface area contributed by atoms with Crippen LogP contribution < -0.4 is 0 Å². The minimum Gasteiger partial charge on any atom is -0.197 e. The molecule has 0 bridgehead atoms. The Morgan fingerprint density at radius 3 is 2.83 bits per heavy atom. The first-order chi connectivity index (χ1) is 5.84. The molecule has 0 aliphatic rings. The predicted octanol–water partition coefficient (Wildman–Crippen LogP) is 3.21. The van der Waals surface area contributed by atoms with Gasteiger partial charge < -0.3 is 0 Å². The third kappa shape index (κ3) is 2.88. The van der Waals surface area contributed by atoms with Gasteiger partial charge in [-0.3, -0.25) is 0 Å². The first kappa shape index (κ1) is 9.63. The molecule has 0 saturated heterocycles. The van der Waals surface area contributed by atoms with Gasteiger partial charge in [-0.1, -0.05) is 34.1 Å². The van der Waals surface area contributed by atoms with Gasteiger partial charge in [-0.25, -0.2) is 0 Å². The van der Waals surface area contributed by atoms with Crippen LogP contribution in [-0.2, 0) is 5.75 Å². The average molecular weight is 242 g/mol. The molecular formula is C9H8BrNS. The molecule has 1 nitrogen and oxygen atoms in total. The van der Waals surface area contributed by atoms with Gasteiger partial charge in [0.25, 0.3) is 0 Å². The van der Waals surface area contributed by atoms with Crippen molar-refractivity contribution in [1.82, 2.24) is 0 Å². The fraction of sp³-hybridized carbons (Fsp3) is 0.222. The zero-order valence-corrected chi connectivity index (χ0v) is 8.86. The summed E-state index contributed by atoms with van der Waals surface area (Å²) in [5.74, 6) is 1.45. The summed E-state index contributed by atoms with van der Waals surface area (Å²) in [6.07, 6.45) is 0. The van der Waals surface area contributed by atoms with Gasteiger partial charge in [-0.15, -0.1) is 11.8 Å². The Bertz CT molecular complexity index is 293. The van der Waals surface area contributed by atoms with E-state index in [1.165, 1.54) is 5.56 Å². The van der Waals surface area contributed by atoms with Gasteiger partial charge in [0.1, 0.15) is 0 Å². The number of benzene rings is 1. The highest BCUT2D eigenvalue weighted by atomic mass is 79.9. The topological polar surface area (TPSA) is 23.8 Å². The van der Waals surface area contributed by atoms with Crippen molar-refractivity contribution in [2.45, 2.75) is 5.75 Å². The quantitative estimate of drug-likeness (QED) is 0.760. The van der Waals surface area contributed by atoms with Crippen molar-refractivity contribution in [3.05, 3.63) is 34.3 Å². The van der Waals surface area contributed by atoms with Crippen LogP contribution in [0.15, 0.2) is 28.7 Å². The van der Waals surface area contributed by atoms with E-state index in [0.717, 1.165) is 10.2 Å². The number of nitriles is 1. The van der Waals surface area contributed by atoms with Crippen molar-refractivity contribution >= 4 is 27.7 Å². The lowest BCUT2D eigenvalue weighted by atomic mass is 10.2. The number of hydrogen-bond donors (Lipinski definition) is 0. The van der Waals surface area contributed by atoms with Gasteiger partial charge in [0, 0.05) is 10.2 Å². The maximum atomic E-state index is 8.33. The highest BCUT2D eigenvalue weighted by molar-refractivity contribution is 9.10. The summed E-state index contributed by atoms with van der Waals surface area (Å²) in [6.45, 7) is 0. The molecule has 0 aliphatic heterocycles. The molecule has 12 heavy (non-hydrogen) atoms. The van der Waals surface area contributed by atoms with Gasteiger partial charge in [0.05, 0.1) is 11.8 Å². The van der Waals surface area contributed by atoms with E-state index in [0.29, 0.717) is 5.75 Å². The molecule has 0 radical (unpaired) electrons. The van der Waals surface area contributed by atoms with Crippen molar-refractivity contribution in [2.75, 3.05) is 5.75 Å². The van der Waals surface area contributed by atoms with E-state index < -0.39 is 0 Å². The lowest BCUT2D eigenvalue weighted by Gasteiger charge is -2.00. The smallest absolute Gasteiger partial charge is 0.0811 e. The van der Waals surface area contributed by atoms with Crippen molar-refractivity contribution in [1.29, 1.82) is 5.26 Å². The molecule has 1 rings (SSSR count). The number of rotatable bonds is 3. The molecule has 0 saturated carbocycles. The minimum absolute atomic E-state index is 0.557. The number of thioether (sulfide) groups is 1. The molecule has 0 fully saturated rings. The van der Waals surface area contributed by atoms with E-state index in [4.69, 9.17) is 5.26 Å². The van der Waals surface area contributed by atoms with Crippen LogP contribution in [0, 0.1) is 11.3 Å². The zero-order chi connectivity index (χ0) is 8.81. The van der Waals surface area contributed by atoms with Gasteiger partial charge in [-0.05, 0) is 11.6 Å². The fourth-order valence-electron chi connectivity index (χ4n) is 0.822. The molecule has 0 amide bonds. The van der Waals surface area contributed by atoms with Gasteiger partial charge in [0.2, 0.25) is 0 Å². The second-order valence-electron chi connectivity index (χ2n) is 2.24. The highest BCUT2D eigenvalue weighted by Crippen LogP contribution is 2.20. The number of halogens is 1. The van der Waals surface area contributed by atoms with Crippen molar-refractivity contribution < 1.29 is 0 Å². The summed E-state index contributed by atoms with van der Waals surface area (Å²) in [6, 6.07) is 10.2. The normalized spacial score (nSPS) is 9.33. The summed E-state index contributed by atoms with van der Waals surface area (Å²) < 4.78 is 1.12. The van der Waals surface area contributed by atoms with E-state index in [1.54, 1.807) is 11.8 Å². The Hall–Kier alpha value is -0.460. The molecule has 0 atom stereocenters. The van der Waals surface area contributed by atoms with Crippen LogP contribution in [0.2, 0.25) is 0 Å². The van der Waals surface area contributed by atoms with E-state index in [-0.39, 0.29) is 0 Å². The maximum absolute atomic E-state index is 8.33. The van der Waals surface area contributed by atoms with Crippen LogP contribution in [0.25, 0.3) is 0 Å². The van der Waals surface area contributed by atoms with Crippen molar-refractivity contribution in [3.8, 4) is 6.07 Å². The summed E-state index contributed by atoms with van der Waals surface area (Å²) in [5.41, 5.74) is 1.25. The molecular weight excluding hydrogens is 234 g/mol. The summed E-state index contributed by atoms with van der Waals surface area (Å²) in [7, 11) is 0. The first-order valence-electron chi connectivity index (χ1n) is 3.52.